The molecule has 12 nitrogen and oxygen atoms in total. The molecule has 0 amide bonds. The van der Waals surface area contributed by atoms with E-state index < -0.39 is 48.7 Å². The molecule has 0 radical (unpaired) electrons. The quantitative estimate of drug-likeness (QED) is 0.273. The van der Waals surface area contributed by atoms with E-state index in [1.54, 1.807) is 0 Å². The molecule has 21 heavy (non-hydrogen) atoms. The normalized spacial score (nSPS) is 19.0. The summed E-state index contributed by atoms with van der Waals surface area (Å²) in [7, 11) is -16.3. The molecule has 0 aromatic heterocycles. The Morgan fingerprint density at radius 3 is 1.71 bits per heavy atom. The van der Waals surface area contributed by atoms with Crippen molar-refractivity contribution >= 4 is 23.5 Å². The van der Waals surface area contributed by atoms with Crippen LogP contribution in [0.15, 0.2) is 0 Å². The van der Waals surface area contributed by atoms with Crippen LogP contribution in [0, 0.1) is 5.41 Å². The van der Waals surface area contributed by atoms with Gasteiger partial charge in [-0.05, 0) is 6.42 Å². The van der Waals surface area contributed by atoms with Gasteiger partial charge in [0.15, 0.2) is 0 Å². The maximum Gasteiger partial charge on any atom is 0.490 e. The van der Waals surface area contributed by atoms with Gasteiger partial charge in [0.2, 0.25) is 0 Å². The molecule has 0 saturated heterocycles. The zero-order valence-corrected chi connectivity index (χ0v) is 13.5. The van der Waals surface area contributed by atoms with E-state index in [0.29, 0.717) is 0 Å². The van der Waals surface area contributed by atoms with Crippen molar-refractivity contribution in [1.29, 1.82) is 0 Å². The first-order valence-electron chi connectivity index (χ1n) is 5.30. The van der Waals surface area contributed by atoms with E-state index in [9.17, 15) is 18.6 Å². The van der Waals surface area contributed by atoms with Crippen molar-refractivity contribution in [3.63, 3.8) is 0 Å². The van der Waals surface area contributed by atoms with Crippen molar-refractivity contribution in [3.8, 4) is 0 Å². The fourth-order valence-corrected chi connectivity index (χ4v) is 4.12. The topological polar surface area (TPSA) is 200 Å². The summed E-state index contributed by atoms with van der Waals surface area (Å²) >= 11 is 0. The van der Waals surface area contributed by atoms with E-state index in [4.69, 9.17) is 24.9 Å². The number of rotatable bonds is 10. The van der Waals surface area contributed by atoms with Crippen LogP contribution in [0.4, 0.5) is 0 Å². The van der Waals surface area contributed by atoms with E-state index in [0.717, 1.165) is 0 Å². The molecule has 2 atom stereocenters. The highest BCUT2D eigenvalue weighted by atomic mass is 31.3. The van der Waals surface area contributed by atoms with Gasteiger partial charge in [0.25, 0.3) is 0 Å². The van der Waals surface area contributed by atoms with Crippen LogP contribution in [0.2, 0.25) is 0 Å². The first-order chi connectivity index (χ1) is 9.30. The molecule has 0 rings (SSSR count). The highest BCUT2D eigenvalue weighted by Gasteiger charge is 2.42. The summed E-state index contributed by atoms with van der Waals surface area (Å²) in [5.74, 6) is 0. The average Bonchev–Trinajstić information content (AvgIpc) is 2.26. The molecule has 0 saturated carbocycles. The highest BCUT2D eigenvalue weighted by molar-refractivity contribution is 7.66. The Balaban J connectivity index is 4.82. The summed E-state index contributed by atoms with van der Waals surface area (Å²) in [6.45, 7) is -0.418. The van der Waals surface area contributed by atoms with E-state index in [2.05, 4.69) is 13.1 Å². The van der Waals surface area contributed by atoms with Gasteiger partial charge in [-0.25, -0.2) is 13.7 Å². The molecule has 0 aromatic carbocycles. The van der Waals surface area contributed by atoms with Crippen LogP contribution in [-0.4, -0.2) is 49.6 Å². The summed E-state index contributed by atoms with van der Waals surface area (Å²) < 4.78 is 44.1. The zero-order chi connectivity index (χ0) is 16.9. The lowest BCUT2D eigenvalue weighted by atomic mass is 9.88. The lowest BCUT2D eigenvalue weighted by Crippen LogP contribution is -2.34. The predicted molar refractivity (Wildman–Crippen MR) is 66.7 cm³/mol. The summed E-state index contributed by atoms with van der Waals surface area (Å²) in [4.78, 5) is 34.7. The maximum absolute atomic E-state index is 11.4. The van der Waals surface area contributed by atoms with Crippen LogP contribution < -0.4 is 0 Å². The number of aliphatic hydroxyl groups excluding tert-OH is 2. The lowest BCUT2D eigenvalue weighted by Gasteiger charge is -2.28. The molecule has 128 valence electrons. The number of phosphoric ester groups is 1. The summed E-state index contributed by atoms with van der Waals surface area (Å²) in [6, 6.07) is 0. The van der Waals surface area contributed by atoms with E-state index in [-0.39, 0.29) is 6.42 Å². The standard InChI is InChI=1S/C6H17O12P3/c1-2-6(3-7,4-8)5-16-20(12,13)18-21(14,15)17-19(9,10)11/h7-8H,2-5H2,1H3,(H,12,13)(H,14,15)(H2,9,10,11). The van der Waals surface area contributed by atoms with Crippen molar-refractivity contribution in [1.82, 2.24) is 0 Å². The van der Waals surface area contributed by atoms with Crippen molar-refractivity contribution in [2.45, 2.75) is 13.3 Å². The molecule has 15 heteroatoms. The minimum Gasteiger partial charge on any atom is -0.396 e. The average molecular weight is 374 g/mol. The largest absolute Gasteiger partial charge is 0.490 e. The molecule has 0 spiro atoms. The summed E-state index contributed by atoms with van der Waals surface area (Å²) in [5, 5.41) is 18.1. The van der Waals surface area contributed by atoms with Gasteiger partial charge in [0.1, 0.15) is 0 Å². The fraction of sp³-hybridized carbons (Fsp3) is 1.00. The van der Waals surface area contributed by atoms with Gasteiger partial charge in [-0.15, -0.1) is 0 Å². The molecular formula is C6H17O12P3. The first kappa shape index (κ1) is 21.3. The molecule has 0 fully saturated rings. The van der Waals surface area contributed by atoms with E-state index in [1.807, 2.05) is 0 Å². The Morgan fingerprint density at radius 2 is 1.38 bits per heavy atom. The van der Waals surface area contributed by atoms with Crippen LogP contribution in [0.5, 0.6) is 0 Å². The molecule has 6 N–H and O–H groups in total. The third kappa shape index (κ3) is 8.51. The van der Waals surface area contributed by atoms with Crippen LogP contribution in [-0.2, 0) is 26.8 Å². The van der Waals surface area contributed by atoms with Crippen molar-refractivity contribution < 1.29 is 56.6 Å². The molecule has 0 aliphatic heterocycles. The SMILES string of the molecule is CCC(CO)(CO)COP(=O)(O)OP(=O)(O)OP(=O)(O)O. The minimum absolute atomic E-state index is 0.135. The van der Waals surface area contributed by atoms with Gasteiger partial charge in [0.05, 0.1) is 19.8 Å². The van der Waals surface area contributed by atoms with Crippen LogP contribution in [0.3, 0.4) is 0 Å². The second kappa shape index (κ2) is 7.74. The molecule has 0 bridgehead atoms. The van der Waals surface area contributed by atoms with Gasteiger partial charge < -0.3 is 29.8 Å². The molecule has 0 aliphatic carbocycles. The van der Waals surface area contributed by atoms with Gasteiger partial charge in [-0.1, -0.05) is 6.92 Å². The Bertz CT molecular complexity index is 457. The van der Waals surface area contributed by atoms with Crippen LogP contribution in [0.1, 0.15) is 13.3 Å². The first-order valence-corrected chi connectivity index (χ1v) is 9.82. The third-order valence-electron chi connectivity index (χ3n) is 2.37. The summed E-state index contributed by atoms with van der Waals surface area (Å²) in [6.07, 6.45) is 0.135. The Kier molecular flexibility index (Phi) is 7.86. The Hall–Kier alpha value is 0.330. The van der Waals surface area contributed by atoms with E-state index >= 15 is 0 Å². The smallest absolute Gasteiger partial charge is 0.396 e. The third-order valence-corrected chi connectivity index (χ3v) is 6.15. The fourth-order valence-electron chi connectivity index (χ4n) is 0.989. The van der Waals surface area contributed by atoms with Crippen LogP contribution >= 0.6 is 23.5 Å². The summed E-state index contributed by atoms with van der Waals surface area (Å²) in [5.41, 5.74) is -1.30. The molecule has 0 aliphatic rings. The number of hydrogen-bond acceptors (Lipinski definition) is 8. The highest BCUT2D eigenvalue weighted by Crippen LogP contribution is 2.66. The monoisotopic (exact) mass is 374 g/mol. The second-order valence-corrected chi connectivity index (χ2v) is 8.45. The Morgan fingerprint density at radius 1 is 0.905 bits per heavy atom. The number of hydrogen-bond donors (Lipinski definition) is 6. The van der Waals surface area contributed by atoms with Gasteiger partial charge in [-0.2, -0.15) is 8.62 Å². The molecule has 2 unspecified atom stereocenters. The lowest BCUT2D eigenvalue weighted by molar-refractivity contribution is 0.00277. The zero-order valence-electron chi connectivity index (χ0n) is 10.8. The molecular weight excluding hydrogens is 357 g/mol. The minimum atomic E-state index is -5.57. The van der Waals surface area contributed by atoms with Gasteiger partial charge in [-0.3, -0.25) is 4.52 Å². The van der Waals surface area contributed by atoms with Gasteiger partial charge in [0, 0.05) is 5.41 Å². The van der Waals surface area contributed by atoms with Crippen molar-refractivity contribution in [2.24, 2.45) is 5.41 Å². The Labute approximate surface area is 119 Å². The molecule has 0 aromatic rings. The molecule has 0 heterocycles. The maximum atomic E-state index is 11.4. The predicted octanol–water partition coefficient (Wildman–Crippen LogP) is -0.289. The number of aliphatic hydroxyl groups is 2. The van der Waals surface area contributed by atoms with Crippen molar-refractivity contribution in [2.75, 3.05) is 19.8 Å². The second-order valence-electron chi connectivity index (χ2n) is 4.03. The van der Waals surface area contributed by atoms with Crippen LogP contribution in [0.25, 0.3) is 0 Å². The number of phosphoric acid groups is 3. The van der Waals surface area contributed by atoms with Crippen molar-refractivity contribution in [3.05, 3.63) is 0 Å². The van der Waals surface area contributed by atoms with Gasteiger partial charge >= 0.3 is 23.5 Å². The van der Waals surface area contributed by atoms with E-state index in [1.165, 1.54) is 6.92 Å².